The van der Waals surface area contributed by atoms with Crippen molar-refractivity contribution in [1.29, 1.82) is 0 Å². The average Bonchev–Trinajstić information content (AvgIpc) is 2.15. The molecule has 0 bridgehead atoms. The Morgan fingerprint density at radius 3 is 2.87 bits per heavy atom. The zero-order chi connectivity index (χ0) is 10.8. The van der Waals surface area contributed by atoms with E-state index in [4.69, 9.17) is 0 Å². The molecule has 1 amide bonds. The molecule has 2 rings (SSSR count). The lowest BCUT2D eigenvalue weighted by Gasteiger charge is -2.28. The van der Waals surface area contributed by atoms with Crippen molar-refractivity contribution in [2.24, 2.45) is 0 Å². The van der Waals surface area contributed by atoms with Gasteiger partial charge in [-0.15, -0.1) is 0 Å². The van der Waals surface area contributed by atoms with Crippen molar-refractivity contribution in [3.05, 3.63) is 35.1 Å². The van der Waals surface area contributed by atoms with Crippen LogP contribution in [-0.2, 0) is 0 Å². The van der Waals surface area contributed by atoms with Gasteiger partial charge in [0.1, 0.15) is 5.82 Å². The Morgan fingerprint density at radius 1 is 1.53 bits per heavy atom. The normalized spacial score (nSPS) is 15.9. The topological polar surface area (TPSA) is 41.1 Å². The number of halogens is 1. The lowest BCUT2D eigenvalue weighted by atomic mass is 10.1. The van der Waals surface area contributed by atoms with Crippen molar-refractivity contribution in [1.82, 2.24) is 10.6 Å². The first kappa shape index (κ1) is 10.1. The van der Waals surface area contributed by atoms with Gasteiger partial charge >= 0.3 is 0 Å². The van der Waals surface area contributed by atoms with Gasteiger partial charge in [-0.25, -0.2) is 4.39 Å². The van der Waals surface area contributed by atoms with Gasteiger partial charge in [-0.3, -0.25) is 4.79 Å². The minimum absolute atomic E-state index is 0.127. The molecule has 0 radical (unpaired) electrons. The van der Waals surface area contributed by atoms with Gasteiger partial charge in [0.2, 0.25) is 0 Å². The molecule has 1 aromatic carbocycles. The summed E-state index contributed by atoms with van der Waals surface area (Å²) in [7, 11) is 0. The minimum Gasteiger partial charge on any atom is -0.347 e. The molecule has 3 nitrogen and oxygen atoms in total. The summed E-state index contributed by atoms with van der Waals surface area (Å²) in [6, 6.07) is 4.98. The number of aryl methyl sites for hydroxylation is 1. The van der Waals surface area contributed by atoms with Gasteiger partial charge in [-0.2, -0.15) is 0 Å². The molecule has 15 heavy (non-hydrogen) atoms. The molecule has 1 heterocycles. The fraction of sp³-hybridized carbons (Fsp3) is 0.364. The molecule has 0 aromatic heterocycles. The van der Waals surface area contributed by atoms with Crippen LogP contribution in [0.3, 0.4) is 0 Å². The summed E-state index contributed by atoms with van der Waals surface area (Å²) in [5, 5.41) is 5.79. The van der Waals surface area contributed by atoms with Crippen LogP contribution < -0.4 is 10.6 Å². The zero-order valence-corrected chi connectivity index (χ0v) is 8.51. The maximum absolute atomic E-state index is 13.5. The molecule has 0 unspecified atom stereocenters. The average molecular weight is 208 g/mol. The quantitative estimate of drug-likeness (QED) is 0.756. The molecular weight excluding hydrogens is 195 g/mol. The number of hydrogen-bond acceptors (Lipinski definition) is 2. The monoisotopic (exact) mass is 208 g/mol. The Balaban J connectivity index is 2.13. The molecule has 80 valence electrons. The van der Waals surface area contributed by atoms with E-state index >= 15 is 0 Å². The summed E-state index contributed by atoms with van der Waals surface area (Å²) in [6.45, 7) is 3.18. The third-order valence-corrected chi connectivity index (χ3v) is 2.55. The number of carbonyl (C=O) groups excluding carboxylic acids is 1. The standard InChI is InChI=1S/C11H13FN2O/c1-7-3-2-4-9(10(7)12)11(15)14-8-5-13-6-8/h2-4,8,13H,5-6H2,1H3,(H,14,15). The Morgan fingerprint density at radius 2 is 2.27 bits per heavy atom. The van der Waals surface area contributed by atoms with Gasteiger partial charge in [0.25, 0.3) is 5.91 Å². The van der Waals surface area contributed by atoms with Crippen molar-refractivity contribution >= 4 is 5.91 Å². The first-order valence-corrected chi connectivity index (χ1v) is 4.95. The molecule has 0 aliphatic carbocycles. The lowest BCUT2D eigenvalue weighted by molar-refractivity contribution is 0.0919. The van der Waals surface area contributed by atoms with E-state index in [1.165, 1.54) is 6.07 Å². The van der Waals surface area contributed by atoms with Gasteiger partial charge in [-0.05, 0) is 18.6 Å². The number of nitrogens with one attached hydrogen (secondary N) is 2. The van der Waals surface area contributed by atoms with Crippen LogP contribution in [0.25, 0.3) is 0 Å². The van der Waals surface area contributed by atoms with E-state index in [-0.39, 0.29) is 17.5 Å². The molecule has 1 aromatic rings. The van der Waals surface area contributed by atoms with Crippen LogP contribution in [-0.4, -0.2) is 25.0 Å². The fourth-order valence-electron chi connectivity index (χ4n) is 1.48. The predicted molar refractivity (Wildman–Crippen MR) is 55.3 cm³/mol. The largest absolute Gasteiger partial charge is 0.347 e. The maximum atomic E-state index is 13.5. The van der Waals surface area contributed by atoms with Crippen molar-refractivity contribution in [2.75, 3.05) is 13.1 Å². The van der Waals surface area contributed by atoms with Crippen LogP contribution in [0, 0.1) is 12.7 Å². The highest BCUT2D eigenvalue weighted by Gasteiger charge is 2.21. The molecule has 1 aliphatic rings. The predicted octanol–water partition coefficient (Wildman–Crippen LogP) is 0.836. The third kappa shape index (κ3) is 1.99. The fourth-order valence-corrected chi connectivity index (χ4v) is 1.48. The number of hydrogen-bond donors (Lipinski definition) is 2. The number of benzene rings is 1. The molecule has 1 fully saturated rings. The molecular formula is C11H13FN2O. The number of amides is 1. The van der Waals surface area contributed by atoms with Crippen molar-refractivity contribution in [3.63, 3.8) is 0 Å². The van der Waals surface area contributed by atoms with E-state index in [0.717, 1.165) is 13.1 Å². The minimum atomic E-state index is -0.428. The van der Waals surface area contributed by atoms with Crippen LogP contribution in [0.1, 0.15) is 15.9 Å². The van der Waals surface area contributed by atoms with E-state index in [2.05, 4.69) is 10.6 Å². The van der Waals surface area contributed by atoms with Gasteiger partial charge < -0.3 is 10.6 Å². The first-order valence-electron chi connectivity index (χ1n) is 4.95. The SMILES string of the molecule is Cc1cccc(C(=O)NC2CNC2)c1F. The number of carbonyl (C=O) groups is 1. The van der Waals surface area contributed by atoms with Crippen LogP contribution in [0.15, 0.2) is 18.2 Å². The van der Waals surface area contributed by atoms with Crippen LogP contribution in [0.2, 0.25) is 0 Å². The Labute approximate surface area is 87.7 Å². The summed E-state index contributed by atoms with van der Waals surface area (Å²) >= 11 is 0. The lowest BCUT2D eigenvalue weighted by Crippen LogP contribution is -2.57. The molecule has 0 spiro atoms. The second-order valence-electron chi connectivity index (χ2n) is 3.77. The summed E-state index contributed by atoms with van der Waals surface area (Å²) in [4.78, 5) is 11.6. The summed E-state index contributed by atoms with van der Waals surface area (Å²) in [6.07, 6.45) is 0. The molecule has 0 saturated carbocycles. The Bertz CT molecular complexity index is 388. The first-order chi connectivity index (χ1) is 7.18. The van der Waals surface area contributed by atoms with E-state index in [0.29, 0.717) is 5.56 Å². The van der Waals surface area contributed by atoms with Gasteiger partial charge in [0, 0.05) is 13.1 Å². The van der Waals surface area contributed by atoms with Crippen molar-refractivity contribution in [2.45, 2.75) is 13.0 Å². The molecule has 0 atom stereocenters. The van der Waals surface area contributed by atoms with Crippen molar-refractivity contribution < 1.29 is 9.18 Å². The van der Waals surface area contributed by atoms with Crippen LogP contribution >= 0.6 is 0 Å². The van der Waals surface area contributed by atoms with E-state index in [9.17, 15) is 9.18 Å². The second-order valence-corrected chi connectivity index (χ2v) is 3.77. The summed E-state index contributed by atoms with van der Waals surface area (Å²) in [5.41, 5.74) is 0.622. The smallest absolute Gasteiger partial charge is 0.254 e. The van der Waals surface area contributed by atoms with Crippen LogP contribution in [0.5, 0.6) is 0 Å². The molecule has 2 N–H and O–H groups in total. The Hall–Kier alpha value is -1.42. The summed E-state index contributed by atoms with van der Waals surface area (Å²) < 4.78 is 13.5. The zero-order valence-electron chi connectivity index (χ0n) is 8.51. The van der Waals surface area contributed by atoms with Crippen LogP contribution in [0.4, 0.5) is 4.39 Å². The van der Waals surface area contributed by atoms with Gasteiger partial charge in [-0.1, -0.05) is 12.1 Å². The van der Waals surface area contributed by atoms with E-state index < -0.39 is 5.82 Å². The molecule has 1 aliphatic heterocycles. The number of rotatable bonds is 2. The Kier molecular flexibility index (Phi) is 2.68. The van der Waals surface area contributed by atoms with Crippen molar-refractivity contribution in [3.8, 4) is 0 Å². The maximum Gasteiger partial charge on any atom is 0.254 e. The second kappa shape index (κ2) is 3.98. The third-order valence-electron chi connectivity index (χ3n) is 2.55. The van der Waals surface area contributed by atoms with Gasteiger partial charge in [0.05, 0.1) is 11.6 Å². The van der Waals surface area contributed by atoms with E-state index in [1.807, 2.05) is 0 Å². The highest BCUT2D eigenvalue weighted by Crippen LogP contribution is 2.12. The van der Waals surface area contributed by atoms with Gasteiger partial charge in [0.15, 0.2) is 0 Å². The van der Waals surface area contributed by atoms with E-state index in [1.54, 1.807) is 19.1 Å². The molecule has 1 saturated heterocycles. The highest BCUT2D eigenvalue weighted by molar-refractivity contribution is 5.94. The highest BCUT2D eigenvalue weighted by atomic mass is 19.1. The molecule has 4 heteroatoms. The summed E-state index contributed by atoms with van der Waals surface area (Å²) in [5.74, 6) is -0.759.